The zero-order valence-corrected chi connectivity index (χ0v) is 14.7. The summed E-state index contributed by atoms with van der Waals surface area (Å²) in [6, 6.07) is 9.24. The third-order valence-corrected chi connectivity index (χ3v) is 6.16. The second-order valence-electron chi connectivity index (χ2n) is 5.79. The van der Waals surface area contributed by atoms with Gasteiger partial charge in [0.2, 0.25) is 10.0 Å². The third kappa shape index (κ3) is 6.19. The number of sulfonamides is 1. The van der Waals surface area contributed by atoms with Gasteiger partial charge in [-0.3, -0.25) is 0 Å². The van der Waals surface area contributed by atoms with E-state index in [2.05, 4.69) is 9.44 Å². The molecule has 1 aromatic carbocycles. The highest BCUT2D eigenvalue weighted by Crippen LogP contribution is 2.18. The zero-order valence-electron chi connectivity index (χ0n) is 13.1. The summed E-state index contributed by atoms with van der Waals surface area (Å²) in [5, 5.41) is 0. The van der Waals surface area contributed by atoms with Gasteiger partial charge in [0, 0.05) is 26.2 Å². The molecular formula is C14H23N3O4S2. The van der Waals surface area contributed by atoms with E-state index in [1.807, 2.05) is 30.3 Å². The molecule has 0 aromatic heterocycles. The van der Waals surface area contributed by atoms with E-state index in [0.717, 1.165) is 18.4 Å². The Labute approximate surface area is 138 Å². The summed E-state index contributed by atoms with van der Waals surface area (Å²) < 4.78 is 53.5. The van der Waals surface area contributed by atoms with Crippen molar-refractivity contribution < 1.29 is 16.8 Å². The van der Waals surface area contributed by atoms with E-state index < -0.39 is 20.2 Å². The van der Waals surface area contributed by atoms with Gasteiger partial charge in [0.05, 0.1) is 6.26 Å². The fourth-order valence-corrected chi connectivity index (χ4v) is 4.40. The van der Waals surface area contributed by atoms with Crippen molar-refractivity contribution in [2.75, 3.05) is 25.9 Å². The van der Waals surface area contributed by atoms with Crippen LogP contribution in [0, 0.1) is 5.92 Å². The van der Waals surface area contributed by atoms with Gasteiger partial charge in [-0.05, 0) is 24.3 Å². The van der Waals surface area contributed by atoms with E-state index in [0.29, 0.717) is 13.1 Å². The molecular weight excluding hydrogens is 338 g/mol. The summed E-state index contributed by atoms with van der Waals surface area (Å²) >= 11 is 0. The zero-order chi connectivity index (χ0) is 16.9. The lowest BCUT2D eigenvalue weighted by Gasteiger charge is -2.30. The Morgan fingerprint density at radius 3 is 2.48 bits per heavy atom. The number of hydrogen-bond donors (Lipinski definition) is 2. The molecule has 1 unspecified atom stereocenters. The molecule has 130 valence electrons. The molecule has 0 radical (unpaired) electrons. The minimum atomic E-state index is -3.60. The quantitative estimate of drug-likeness (QED) is 0.729. The van der Waals surface area contributed by atoms with Gasteiger partial charge in [-0.15, -0.1) is 0 Å². The van der Waals surface area contributed by atoms with Crippen molar-refractivity contribution in [1.82, 2.24) is 13.7 Å². The molecule has 1 aliphatic heterocycles. The van der Waals surface area contributed by atoms with Crippen molar-refractivity contribution in [3.05, 3.63) is 35.9 Å². The van der Waals surface area contributed by atoms with Gasteiger partial charge in [-0.25, -0.2) is 17.4 Å². The highest BCUT2D eigenvalue weighted by atomic mass is 32.2. The van der Waals surface area contributed by atoms with Crippen LogP contribution in [0.5, 0.6) is 0 Å². The molecule has 0 spiro atoms. The molecule has 0 bridgehead atoms. The molecule has 1 saturated heterocycles. The molecule has 23 heavy (non-hydrogen) atoms. The fraction of sp³-hybridized carbons (Fsp3) is 0.571. The summed E-state index contributed by atoms with van der Waals surface area (Å²) in [6.45, 7) is 1.32. The van der Waals surface area contributed by atoms with Crippen LogP contribution in [0.2, 0.25) is 0 Å². The van der Waals surface area contributed by atoms with Crippen molar-refractivity contribution >= 4 is 20.2 Å². The first kappa shape index (κ1) is 18.3. The van der Waals surface area contributed by atoms with Gasteiger partial charge in [0.1, 0.15) is 0 Å². The minimum Gasteiger partial charge on any atom is -0.213 e. The maximum atomic E-state index is 12.0. The molecule has 7 nitrogen and oxygen atoms in total. The second-order valence-corrected chi connectivity index (χ2v) is 9.35. The van der Waals surface area contributed by atoms with Gasteiger partial charge < -0.3 is 0 Å². The summed E-state index contributed by atoms with van der Waals surface area (Å²) in [7, 11) is -6.82. The van der Waals surface area contributed by atoms with E-state index >= 15 is 0 Å². The van der Waals surface area contributed by atoms with Crippen LogP contribution >= 0.6 is 0 Å². The number of benzene rings is 1. The lowest BCUT2D eigenvalue weighted by atomic mass is 10.0. The Hall–Kier alpha value is -1.00. The summed E-state index contributed by atoms with van der Waals surface area (Å²) in [5.41, 5.74) is 0.874. The van der Waals surface area contributed by atoms with E-state index in [4.69, 9.17) is 0 Å². The Kier molecular flexibility index (Phi) is 6.15. The molecule has 2 rings (SSSR count). The van der Waals surface area contributed by atoms with Crippen molar-refractivity contribution in [2.24, 2.45) is 5.92 Å². The van der Waals surface area contributed by atoms with E-state index in [-0.39, 0.29) is 19.0 Å². The molecule has 0 saturated carbocycles. The molecule has 2 N–H and O–H groups in total. The maximum Gasteiger partial charge on any atom is 0.277 e. The topological polar surface area (TPSA) is 95.6 Å². The molecule has 1 atom stereocenters. The van der Waals surface area contributed by atoms with Gasteiger partial charge in [-0.2, -0.15) is 13.1 Å². The van der Waals surface area contributed by atoms with Gasteiger partial charge >= 0.3 is 0 Å². The fourth-order valence-electron chi connectivity index (χ4n) is 2.55. The number of nitrogens with one attached hydrogen (secondary N) is 2. The second kappa shape index (κ2) is 7.71. The van der Waals surface area contributed by atoms with Crippen LogP contribution in [-0.4, -0.2) is 47.0 Å². The predicted molar refractivity (Wildman–Crippen MR) is 89.3 cm³/mol. The SMILES string of the molecule is CS(=O)(=O)N1CCCC(CNS(=O)(=O)NCc2ccccc2)C1. The Morgan fingerprint density at radius 1 is 1.13 bits per heavy atom. The number of hydrogen-bond acceptors (Lipinski definition) is 4. The molecule has 1 aliphatic rings. The third-order valence-electron chi connectivity index (χ3n) is 3.82. The summed E-state index contributed by atoms with van der Waals surface area (Å²) in [5.74, 6) is -0.00762. The monoisotopic (exact) mass is 361 g/mol. The van der Waals surface area contributed by atoms with Crippen molar-refractivity contribution in [2.45, 2.75) is 19.4 Å². The van der Waals surface area contributed by atoms with Crippen molar-refractivity contribution in [3.8, 4) is 0 Å². The van der Waals surface area contributed by atoms with Gasteiger partial charge in [0.25, 0.3) is 10.2 Å². The molecule has 1 heterocycles. The van der Waals surface area contributed by atoms with E-state index in [1.165, 1.54) is 10.6 Å². The van der Waals surface area contributed by atoms with Crippen LogP contribution in [0.25, 0.3) is 0 Å². The van der Waals surface area contributed by atoms with Crippen LogP contribution in [0.15, 0.2) is 30.3 Å². The van der Waals surface area contributed by atoms with Gasteiger partial charge in [-0.1, -0.05) is 30.3 Å². The highest BCUT2D eigenvalue weighted by Gasteiger charge is 2.26. The molecule has 1 aromatic rings. The van der Waals surface area contributed by atoms with Crippen LogP contribution in [0.4, 0.5) is 0 Å². The van der Waals surface area contributed by atoms with Crippen LogP contribution in [0.3, 0.4) is 0 Å². The molecule has 9 heteroatoms. The smallest absolute Gasteiger partial charge is 0.213 e. The summed E-state index contributed by atoms with van der Waals surface area (Å²) in [6.07, 6.45) is 2.74. The molecule has 0 amide bonds. The lowest BCUT2D eigenvalue weighted by Crippen LogP contribution is -2.45. The van der Waals surface area contributed by atoms with Crippen LogP contribution in [0.1, 0.15) is 18.4 Å². The average Bonchev–Trinajstić information content (AvgIpc) is 2.52. The minimum absolute atomic E-state index is 0.00762. The lowest BCUT2D eigenvalue weighted by molar-refractivity contribution is 0.268. The van der Waals surface area contributed by atoms with E-state index in [9.17, 15) is 16.8 Å². The largest absolute Gasteiger partial charge is 0.277 e. The predicted octanol–water partition coefficient (Wildman–Crippen LogP) is 0.282. The normalized spacial score (nSPS) is 20.5. The van der Waals surface area contributed by atoms with Crippen LogP contribution in [-0.2, 0) is 26.8 Å². The maximum absolute atomic E-state index is 12.0. The Bertz CT molecular complexity index is 705. The Morgan fingerprint density at radius 2 is 1.83 bits per heavy atom. The number of piperidine rings is 1. The highest BCUT2D eigenvalue weighted by molar-refractivity contribution is 7.88. The van der Waals surface area contributed by atoms with Crippen molar-refractivity contribution in [1.29, 1.82) is 0 Å². The summed E-state index contributed by atoms with van der Waals surface area (Å²) in [4.78, 5) is 0. The first-order chi connectivity index (χ1) is 10.8. The standard InChI is InChI=1S/C14H23N3O4S2/c1-22(18,19)17-9-5-8-14(12-17)11-16-23(20,21)15-10-13-6-3-2-4-7-13/h2-4,6-7,14-16H,5,8-12H2,1H3. The van der Waals surface area contributed by atoms with E-state index in [1.54, 1.807) is 0 Å². The number of rotatable bonds is 7. The number of nitrogens with zero attached hydrogens (tertiary/aromatic N) is 1. The molecule has 1 fully saturated rings. The first-order valence-electron chi connectivity index (χ1n) is 7.49. The first-order valence-corrected chi connectivity index (χ1v) is 10.8. The van der Waals surface area contributed by atoms with Crippen LogP contribution < -0.4 is 9.44 Å². The average molecular weight is 361 g/mol. The Balaban J connectivity index is 1.82. The van der Waals surface area contributed by atoms with Crippen molar-refractivity contribution in [3.63, 3.8) is 0 Å². The molecule has 0 aliphatic carbocycles. The van der Waals surface area contributed by atoms with Gasteiger partial charge in [0.15, 0.2) is 0 Å².